The molecule has 0 amide bonds. The molecule has 0 aliphatic heterocycles. The van der Waals surface area contributed by atoms with Crippen LogP contribution < -0.4 is 4.90 Å². The predicted molar refractivity (Wildman–Crippen MR) is 84.8 cm³/mol. The van der Waals surface area contributed by atoms with Crippen LogP contribution in [0.4, 0.5) is 5.82 Å². The van der Waals surface area contributed by atoms with Crippen LogP contribution in [0.25, 0.3) is 0 Å². The summed E-state index contributed by atoms with van der Waals surface area (Å²) in [7, 11) is 1.71. The SMILES string of the molecule is COCCN(c1nc(C(C)(C)C)nc(Cl)c1C)C(C)C. The maximum absolute atomic E-state index is 6.30. The van der Waals surface area contributed by atoms with Gasteiger partial charge in [-0.25, -0.2) is 9.97 Å². The fourth-order valence-electron chi connectivity index (χ4n) is 1.89. The van der Waals surface area contributed by atoms with E-state index in [0.717, 1.165) is 23.8 Å². The summed E-state index contributed by atoms with van der Waals surface area (Å²) in [6.45, 7) is 14.0. The lowest BCUT2D eigenvalue weighted by Crippen LogP contribution is -2.36. The van der Waals surface area contributed by atoms with Gasteiger partial charge in [-0.2, -0.15) is 0 Å². The Bertz CT molecular complexity index is 455. The Labute approximate surface area is 127 Å². The first-order chi connectivity index (χ1) is 9.18. The highest BCUT2D eigenvalue weighted by Gasteiger charge is 2.23. The van der Waals surface area contributed by atoms with Crippen molar-refractivity contribution >= 4 is 17.4 Å². The minimum absolute atomic E-state index is 0.129. The molecule has 20 heavy (non-hydrogen) atoms. The van der Waals surface area contributed by atoms with Gasteiger partial charge in [0.15, 0.2) is 0 Å². The summed E-state index contributed by atoms with van der Waals surface area (Å²) in [6, 6.07) is 0.322. The van der Waals surface area contributed by atoms with Crippen molar-refractivity contribution in [3.8, 4) is 0 Å². The largest absolute Gasteiger partial charge is 0.383 e. The maximum Gasteiger partial charge on any atom is 0.137 e. The Balaban J connectivity index is 3.29. The molecular weight excluding hydrogens is 274 g/mol. The zero-order valence-electron chi connectivity index (χ0n) is 13.6. The van der Waals surface area contributed by atoms with E-state index in [1.807, 2.05) is 6.92 Å². The first kappa shape index (κ1) is 17.2. The second kappa shape index (κ2) is 6.72. The summed E-state index contributed by atoms with van der Waals surface area (Å²) in [6.07, 6.45) is 0. The van der Waals surface area contributed by atoms with Crippen molar-refractivity contribution in [2.24, 2.45) is 0 Å². The molecule has 5 heteroatoms. The van der Waals surface area contributed by atoms with E-state index < -0.39 is 0 Å². The summed E-state index contributed by atoms with van der Waals surface area (Å²) in [4.78, 5) is 11.4. The molecule has 0 unspecified atom stereocenters. The van der Waals surface area contributed by atoms with E-state index in [0.29, 0.717) is 17.8 Å². The van der Waals surface area contributed by atoms with Crippen molar-refractivity contribution in [3.63, 3.8) is 0 Å². The van der Waals surface area contributed by atoms with Gasteiger partial charge >= 0.3 is 0 Å². The van der Waals surface area contributed by atoms with Crippen LogP contribution in [-0.2, 0) is 10.2 Å². The summed E-state index contributed by atoms with van der Waals surface area (Å²) < 4.78 is 5.19. The Kier molecular flexibility index (Phi) is 5.78. The third-order valence-electron chi connectivity index (χ3n) is 3.16. The molecule has 0 aliphatic rings. The topological polar surface area (TPSA) is 38.2 Å². The first-order valence-corrected chi connectivity index (χ1v) is 7.36. The van der Waals surface area contributed by atoms with Crippen LogP contribution in [0.2, 0.25) is 5.15 Å². The van der Waals surface area contributed by atoms with Gasteiger partial charge in [0.1, 0.15) is 16.8 Å². The Hall–Kier alpha value is -0.870. The lowest BCUT2D eigenvalue weighted by atomic mass is 9.95. The van der Waals surface area contributed by atoms with Crippen molar-refractivity contribution in [2.75, 3.05) is 25.2 Å². The maximum atomic E-state index is 6.30. The molecule has 1 aromatic rings. The smallest absolute Gasteiger partial charge is 0.137 e. The average Bonchev–Trinajstić information content (AvgIpc) is 2.32. The van der Waals surface area contributed by atoms with Crippen LogP contribution in [0.1, 0.15) is 46.0 Å². The van der Waals surface area contributed by atoms with E-state index in [9.17, 15) is 0 Å². The van der Waals surface area contributed by atoms with E-state index in [1.54, 1.807) is 7.11 Å². The highest BCUT2D eigenvalue weighted by atomic mass is 35.5. The average molecular weight is 300 g/mol. The van der Waals surface area contributed by atoms with Crippen LogP contribution in [0.15, 0.2) is 0 Å². The summed E-state index contributed by atoms with van der Waals surface area (Å²) >= 11 is 6.30. The molecule has 0 radical (unpaired) electrons. The first-order valence-electron chi connectivity index (χ1n) is 6.98. The van der Waals surface area contributed by atoms with Crippen molar-refractivity contribution in [1.82, 2.24) is 9.97 Å². The number of aromatic nitrogens is 2. The fraction of sp³-hybridized carbons (Fsp3) is 0.733. The van der Waals surface area contributed by atoms with Crippen LogP contribution in [0.5, 0.6) is 0 Å². The predicted octanol–water partition coefficient (Wildman–Crippen LogP) is 3.60. The number of ether oxygens (including phenoxy) is 1. The third kappa shape index (κ3) is 4.06. The number of methoxy groups -OCH3 is 1. The monoisotopic (exact) mass is 299 g/mol. The van der Waals surface area contributed by atoms with Gasteiger partial charge in [-0.3, -0.25) is 0 Å². The second-order valence-corrected chi connectivity index (χ2v) is 6.67. The van der Waals surface area contributed by atoms with Gasteiger partial charge in [0.05, 0.1) is 6.61 Å². The quantitative estimate of drug-likeness (QED) is 0.779. The molecule has 0 atom stereocenters. The van der Waals surface area contributed by atoms with Gasteiger partial charge in [-0.15, -0.1) is 0 Å². The van der Waals surface area contributed by atoms with Crippen molar-refractivity contribution in [3.05, 3.63) is 16.5 Å². The third-order valence-corrected chi connectivity index (χ3v) is 3.53. The van der Waals surface area contributed by atoms with Gasteiger partial charge in [0.2, 0.25) is 0 Å². The summed E-state index contributed by atoms with van der Waals surface area (Å²) in [5.74, 6) is 1.67. The Morgan fingerprint density at radius 3 is 2.30 bits per heavy atom. The second-order valence-electron chi connectivity index (χ2n) is 6.32. The molecule has 0 spiro atoms. The minimum atomic E-state index is -0.129. The molecule has 0 fully saturated rings. The highest BCUT2D eigenvalue weighted by Crippen LogP contribution is 2.29. The summed E-state index contributed by atoms with van der Waals surface area (Å²) in [5.41, 5.74) is 0.792. The molecule has 1 aromatic heterocycles. The van der Waals surface area contributed by atoms with Gasteiger partial charge in [0.25, 0.3) is 0 Å². The summed E-state index contributed by atoms with van der Waals surface area (Å²) in [5, 5.41) is 0.531. The van der Waals surface area contributed by atoms with Gasteiger partial charge < -0.3 is 9.64 Å². The minimum Gasteiger partial charge on any atom is -0.383 e. The molecule has 1 heterocycles. The van der Waals surface area contributed by atoms with Crippen molar-refractivity contribution < 1.29 is 4.74 Å². The number of hydrogen-bond donors (Lipinski definition) is 0. The number of nitrogens with zero attached hydrogens (tertiary/aromatic N) is 3. The number of anilines is 1. The zero-order chi connectivity index (χ0) is 15.5. The van der Waals surface area contributed by atoms with Gasteiger partial charge in [0, 0.05) is 30.7 Å². The van der Waals surface area contributed by atoms with Crippen molar-refractivity contribution in [1.29, 1.82) is 0 Å². The van der Waals surface area contributed by atoms with Crippen LogP contribution in [0, 0.1) is 6.92 Å². The van der Waals surface area contributed by atoms with Gasteiger partial charge in [-0.05, 0) is 20.8 Å². The van der Waals surface area contributed by atoms with Gasteiger partial charge in [-0.1, -0.05) is 32.4 Å². The molecule has 0 aromatic carbocycles. The molecule has 0 saturated heterocycles. The molecule has 0 bridgehead atoms. The number of rotatable bonds is 5. The molecule has 114 valence electrons. The van der Waals surface area contributed by atoms with E-state index in [-0.39, 0.29) is 5.41 Å². The fourth-order valence-corrected chi connectivity index (χ4v) is 2.06. The zero-order valence-corrected chi connectivity index (χ0v) is 14.4. The number of hydrogen-bond acceptors (Lipinski definition) is 4. The molecule has 0 aliphatic carbocycles. The Morgan fingerprint density at radius 2 is 1.85 bits per heavy atom. The number of halogens is 1. The van der Waals surface area contributed by atoms with Crippen molar-refractivity contribution in [2.45, 2.75) is 53.0 Å². The molecular formula is C15H26ClN3O. The highest BCUT2D eigenvalue weighted by molar-refractivity contribution is 6.30. The Morgan fingerprint density at radius 1 is 1.25 bits per heavy atom. The molecule has 0 saturated carbocycles. The molecule has 4 nitrogen and oxygen atoms in total. The van der Waals surface area contributed by atoms with Crippen LogP contribution in [-0.4, -0.2) is 36.3 Å². The molecule has 1 rings (SSSR count). The van der Waals surface area contributed by atoms with E-state index >= 15 is 0 Å². The van der Waals surface area contributed by atoms with E-state index in [1.165, 1.54) is 0 Å². The lowest BCUT2D eigenvalue weighted by molar-refractivity contribution is 0.203. The van der Waals surface area contributed by atoms with E-state index in [4.69, 9.17) is 21.3 Å². The van der Waals surface area contributed by atoms with E-state index in [2.05, 4.69) is 44.5 Å². The normalized spacial score (nSPS) is 12.1. The van der Waals surface area contributed by atoms with Crippen LogP contribution in [0.3, 0.4) is 0 Å². The standard InChI is InChI=1S/C15H26ClN3O/c1-10(2)19(8-9-20-7)13-11(3)12(16)17-14(18-13)15(4,5)6/h10H,8-9H2,1-7H3. The molecule has 0 N–H and O–H groups in total. The van der Waals surface area contributed by atoms with Crippen LogP contribution >= 0.6 is 11.6 Å². The lowest BCUT2D eigenvalue weighted by Gasteiger charge is -2.30.